The molecular formula is C18H19F3N4O3. The predicted molar refractivity (Wildman–Crippen MR) is 95.0 cm³/mol. The lowest BCUT2D eigenvalue weighted by atomic mass is 10.1. The molecule has 1 fully saturated rings. The number of piperazine rings is 1. The molecule has 0 spiro atoms. The van der Waals surface area contributed by atoms with Crippen molar-refractivity contribution in [2.75, 3.05) is 31.6 Å². The average Bonchev–Trinajstić information content (AvgIpc) is 2.68. The Morgan fingerprint density at radius 2 is 1.96 bits per heavy atom. The normalized spacial score (nSPS) is 17.6. The summed E-state index contributed by atoms with van der Waals surface area (Å²) in [6, 6.07) is 6.94. The van der Waals surface area contributed by atoms with Crippen LogP contribution in [0.4, 0.5) is 23.9 Å². The lowest BCUT2D eigenvalue weighted by molar-refractivity contribution is -0.155. The first kappa shape index (κ1) is 19.9. The number of ether oxygens (including phenoxy) is 1. The summed E-state index contributed by atoms with van der Waals surface area (Å²) in [4.78, 5) is 21.1. The molecule has 1 unspecified atom stereocenters. The maximum atomic E-state index is 13.5. The quantitative estimate of drug-likeness (QED) is 0.856. The molecule has 2 heterocycles. The number of benzene rings is 1. The molecule has 1 N–H and O–H groups in total. The summed E-state index contributed by atoms with van der Waals surface area (Å²) in [6.45, 7) is -0.428. The van der Waals surface area contributed by atoms with Crippen LogP contribution < -0.4 is 4.90 Å². The molecule has 0 bridgehead atoms. The molecule has 150 valence electrons. The Morgan fingerprint density at radius 1 is 1.25 bits per heavy atom. The van der Waals surface area contributed by atoms with E-state index in [1.165, 1.54) is 6.20 Å². The zero-order valence-electron chi connectivity index (χ0n) is 15.1. The fourth-order valence-electron chi connectivity index (χ4n) is 3.06. The minimum absolute atomic E-state index is 0.0543. The Bertz CT molecular complexity index is 830. The SMILES string of the molecule is COCc1ccc(-c2ccnc(N3CCN(C(=O)O)CC3C(F)(F)F)n2)cc1. The Morgan fingerprint density at radius 3 is 2.57 bits per heavy atom. The van der Waals surface area contributed by atoms with Gasteiger partial charge >= 0.3 is 12.3 Å². The van der Waals surface area contributed by atoms with Crippen molar-refractivity contribution in [1.29, 1.82) is 0 Å². The fraction of sp³-hybridized carbons (Fsp3) is 0.389. The van der Waals surface area contributed by atoms with Crippen molar-refractivity contribution in [1.82, 2.24) is 14.9 Å². The second kappa shape index (κ2) is 8.01. The lowest BCUT2D eigenvalue weighted by Gasteiger charge is -2.40. The van der Waals surface area contributed by atoms with Crippen molar-refractivity contribution < 1.29 is 27.8 Å². The highest BCUT2D eigenvalue weighted by Crippen LogP contribution is 2.31. The monoisotopic (exact) mass is 396 g/mol. The van der Waals surface area contributed by atoms with E-state index in [-0.39, 0.29) is 19.0 Å². The average molecular weight is 396 g/mol. The first-order valence-electron chi connectivity index (χ1n) is 8.52. The minimum Gasteiger partial charge on any atom is -0.465 e. The van der Waals surface area contributed by atoms with Crippen molar-refractivity contribution in [3.05, 3.63) is 42.1 Å². The molecule has 2 aromatic rings. The van der Waals surface area contributed by atoms with Crippen molar-refractivity contribution in [3.8, 4) is 11.3 Å². The number of nitrogens with zero attached hydrogens (tertiary/aromatic N) is 4. The van der Waals surface area contributed by atoms with Gasteiger partial charge in [-0.3, -0.25) is 0 Å². The van der Waals surface area contributed by atoms with E-state index in [9.17, 15) is 18.0 Å². The number of halogens is 3. The second-order valence-corrected chi connectivity index (χ2v) is 6.35. The Kier molecular flexibility index (Phi) is 5.68. The number of aromatic nitrogens is 2. The van der Waals surface area contributed by atoms with Gasteiger partial charge in [0.25, 0.3) is 0 Å². The number of methoxy groups -OCH3 is 1. The highest BCUT2D eigenvalue weighted by atomic mass is 19.4. The van der Waals surface area contributed by atoms with Crippen LogP contribution in [0, 0.1) is 0 Å². The molecule has 28 heavy (non-hydrogen) atoms. The van der Waals surface area contributed by atoms with Crippen LogP contribution in [-0.2, 0) is 11.3 Å². The van der Waals surface area contributed by atoms with Crippen LogP contribution in [0.2, 0.25) is 0 Å². The lowest BCUT2D eigenvalue weighted by Crippen LogP contribution is -2.60. The van der Waals surface area contributed by atoms with Gasteiger partial charge in [-0.05, 0) is 11.6 Å². The van der Waals surface area contributed by atoms with Gasteiger partial charge in [0, 0.05) is 32.0 Å². The molecule has 1 aliphatic rings. The van der Waals surface area contributed by atoms with Crippen LogP contribution in [0.5, 0.6) is 0 Å². The van der Waals surface area contributed by atoms with Gasteiger partial charge in [0.2, 0.25) is 5.95 Å². The van der Waals surface area contributed by atoms with Gasteiger partial charge in [0.05, 0.1) is 18.8 Å². The number of carboxylic acid groups (broad SMARTS) is 1. The molecule has 0 radical (unpaired) electrons. The van der Waals surface area contributed by atoms with E-state index >= 15 is 0 Å². The van der Waals surface area contributed by atoms with Gasteiger partial charge in [-0.2, -0.15) is 13.2 Å². The van der Waals surface area contributed by atoms with Gasteiger partial charge in [0.1, 0.15) is 6.04 Å². The molecular weight excluding hydrogens is 377 g/mol. The molecule has 1 amide bonds. The van der Waals surface area contributed by atoms with Crippen LogP contribution in [0.3, 0.4) is 0 Å². The number of hydrogen-bond donors (Lipinski definition) is 1. The van der Waals surface area contributed by atoms with E-state index in [0.717, 1.165) is 20.9 Å². The molecule has 0 aliphatic carbocycles. The predicted octanol–water partition coefficient (Wildman–Crippen LogP) is 3.02. The molecule has 1 atom stereocenters. The zero-order chi connectivity index (χ0) is 20.3. The maximum absolute atomic E-state index is 13.5. The molecule has 1 saturated heterocycles. The third-order valence-corrected chi connectivity index (χ3v) is 4.49. The van der Waals surface area contributed by atoms with Crippen molar-refractivity contribution in [3.63, 3.8) is 0 Å². The largest absolute Gasteiger partial charge is 0.465 e. The van der Waals surface area contributed by atoms with Gasteiger partial charge in [-0.1, -0.05) is 24.3 Å². The highest BCUT2D eigenvalue weighted by Gasteiger charge is 2.48. The Labute approximate surface area is 159 Å². The van der Waals surface area contributed by atoms with E-state index in [4.69, 9.17) is 9.84 Å². The van der Waals surface area contributed by atoms with Gasteiger partial charge < -0.3 is 19.6 Å². The van der Waals surface area contributed by atoms with Crippen LogP contribution in [0.1, 0.15) is 5.56 Å². The molecule has 1 aliphatic heterocycles. The van der Waals surface area contributed by atoms with E-state index < -0.39 is 24.9 Å². The van der Waals surface area contributed by atoms with Crippen LogP contribution in [-0.4, -0.2) is 65.0 Å². The summed E-state index contributed by atoms with van der Waals surface area (Å²) in [6.07, 6.45) is -4.59. The molecule has 1 aromatic heterocycles. The maximum Gasteiger partial charge on any atom is 0.410 e. The van der Waals surface area contributed by atoms with Crippen molar-refractivity contribution >= 4 is 12.0 Å². The van der Waals surface area contributed by atoms with Crippen molar-refractivity contribution in [2.24, 2.45) is 0 Å². The van der Waals surface area contributed by atoms with Crippen LogP contribution in [0.25, 0.3) is 11.3 Å². The first-order valence-corrected chi connectivity index (χ1v) is 8.52. The number of amides is 1. The third-order valence-electron chi connectivity index (χ3n) is 4.49. The van der Waals surface area contributed by atoms with E-state index in [1.54, 1.807) is 13.2 Å². The third kappa shape index (κ3) is 4.33. The number of alkyl halides is 3. The van der Waals surface area contributed by atoms with Crippen LogP contribution in [0.15, 0.2) is 36.5 Å². The number of carbonyl (C=O) groups is 1. The Hall–Kier alpha value is -2.88. The molecule has 10 heteroatoms. The van der Waals surface area contributed by atoms with E-state index in [2.05, 4.69) is 9.97 Å². The number of rotatable bonds is 4. The molecule has 7 nitrogen and oxygen atoms in total. The Balaban J connectivity index is 1.88. The van der Waals surface area contributed by atoms with E-state index in [0.29, 0.717) is 12.3 Å². The van der Waals surface area contributed by atoms with Gasteiger partial charge in [0.15, 0.2) is 0 Å². The first-order chi connectivity index (χ1) is 13.3. The van der Waals surface area contributed by atoms with Crippen LogP contribution >= 0.6 is 0 Å². The van der Waals surface area contributed by atoms with Gasteiger partial charge in [-0.15, -0.1) is 0 Å². The summed E-state index contributed by atoms with van der Waals surface area (Å²) in [7, 11) is 1.59. The fourth-order valence-corrected chi connectivity index (χ4v) is 3.06. The summed E-state index contributed by atoms with van der Waals surface area (Å²) in [5.74, 6) is -0.0779. The zero-order valence-corrected chi connectivity index (χ0v) is 15.1. The summed E-state index contributed by atoms with van der Waals surface area (Å²) in [5, 5.41) is 9.03. The standard InChI is InChI=1S/C18H19F3N4O3/c1-28-11-12-2-4-13(5-3-12)14-6-7-22-16(23-14)25-9-8-24(17(26)27)10-15(25)18(19,20)21/h2-7,15H,8-11H2,1H3,(H,26,27). The molecule has 0 saturated carbocycles. The van der Waals surface area contributed by atoms with Gasteiger partial charge in [-0.25, -0.2) is 14.8 Å². The molecule has 3 rings (SSSR count). The smallest absolute Gasteiger partial charge is 0.410 e. The van der Waals surface area contributed by atoms with E-state index in [1.807, 2.05) is 24.3 Å². The van der Waals surface area contributed by atoms with Crippen molar-refractivity contribution in [2.45, 2.75) is 18.8 Å². The summed E-state index contributed by atoms with van der Waals surface area (Å²) >= 11 is 0. The number of anilines is 1. The number of hydrogen-bond acceptors (Lipinski definition) is 5. The second-order valence-electron chi connectivity index (χ2n) is 6.35. The molecule has 1 aromatic carbocycles. The topological polar surface area (TPSA) is 78.8 Å². The summed E-state index contributed by atoms with van der Waals surface area (Å²) < 4.78 is 45.6. The summed E-state index contributed by atoms with van der Waals surface area (Å²) in [5.41, 5.74) is 2.18. The highest BCUT2D eigenvalue weighted by molar-refractivity contribution is 5.66. The minimum atomic E-state index is -4.62.